The van der Waals surface area contributed by atoms with E-state index in [9.17, 15) is 0 Å². The van der Waals surface area contributed by atoms with Gasteiger partial charge in [-0.1, -0.05) is 6.58 Å². The number of rotatable bonds is 0. The first kappa shape index (κ1) is 5.59. The van der Waals surface area contributed by atoms with Crippen LogP contribution in [0.1, 0.15) is 17.8 Å². The molecule has 10 heavy (non-hydrogen) atoms. The molecule has 1 heterocycles. The van der Waals surface area contributed by atoms with Gasteiger partial charge in [-0.3, -0.25) is 9.97 Å². The molecule has 0 unspecified atom stereocenters. The van der Waals surface area contributed by atoms with Crippen LogP contribution >= 0.6 is 0 Å². The third-order valence-electron chi connectivity index (χ3n) is 1.77. The highest BCUT2D eigenvalue weighted by Gasteiger charge is 2.15. The van der Waals surface area contributed by atoms with E-state index >= 15 is 0 Å². The largest absolute Gasteiger partial charge is 0.257 e. The second-order valence-corrected chi connectivity index (χ2v) is 2.46. The Kier molecular flexibility index (Phi) is 1.07. The van der Waals surface area contributed by atoms with E-state index in [0.29, 0.717) is 0 Å². The van der Waals surface area contributed by atoms with E-state index in [0.717, 1.165) is 29.8 Å². The third kappa shape index (κ3) is 0.652. The molecule has 0 N–H and O–H groups in total. The summed E-state index contributed by atoms with van der Waals surface area (Å²) in [7, 11) is 0. The van der Waals surface area contributed by atoms with Crippen molar-refractivity contribution in [2.45, 2.75) is 12.8 Å². The van der Waals surface area contributed by atoms with Gasteiger partial charge in [0.1, 0.15) is 0 Å². The summed E-state index contributed by atoms with van der Waals surface area (Å²) in [5.41, 5.74) is 3.25. The average molecular weight is 132 g/mol. The second kappa shape index (κ2) is 1.90. The summed E-state index contributed by atoms with van der Waals surface area (Å²) in [5.74, 6) is 0. The minimum absolute atomic E-state index is 1.02. The summed E-state index contributed by atoms with van der Waals surface area (Å²) in [5, 5.41) is 0. The van der Waals surface area contributed by atoms with E-state index < -0.39 is 0 Å². The summed E-state index contributed by atoms with van der Waals surface area (Å²) in [6, 6.07) is 0. The molecule has 2 heteroatoms. The Balaban J connectivity index is 2.61. The molecule has 1 aromatic rings. The second-order valence-electron chi connectivity index (χ2n) is 2.46. The number of allylic oxidation sites excluding steroid dienone is 1. The fraction of sp³-hybridized carbons (Fsp3) is 0.250. The Labute approximate surface area is 59.6 Å². The fourth-order valence-electron chi connectivity index (χ4n) is 1.23. The summed E-state index contributed by atoms with van der Waals surface area (Å²) < 4.78 is 0. The van der Waals surface area contributed by atoms with Crippen molar-refractivity contribution < 1.29 is 0 Å². The van der Waals surface area contributed by atoms with Crippen LogP contribution in [0.2, 0.25) is 0 Å². The Morgan fingerprint density at radius 1 is 1.20 bits per heavy atom. The lowest BCUT2D eigenvalue weighted by Gasteiger charge is -1.93. The first-order valence-electron chi connectivity index (χ1n) is 3.36. The van der Waals surface area contributed by atoms with E-state index in [4.69, 9.17) is 0 Å². The summed E-state index contributed by atoms with van der Waals surface area (Å²) in [6.45, 7) is 3.89. The topological polar surface area (TPSA) is 25.8 Å². The zero-order valence-electron chi connectivity index (χ0n) is 5.67. The molecule has 2 rings (SSSR count). The van der Waals surface area contributed by atoms with Gasteiger partial charge in [0.15, 0.2) is 0 Å². The highest BCUT2D eigenvalue weighted by atomic mass is 14.8. The van der Waals surface area contributed by atoms with Crippen molar-refractivity contribution in [1.82, 2.24) is 9.97 Å². The van der Waals surface area contributed by atoms with E-state index in [1.54, 1.807) is 12.4 Å². The summed E-state index contributed by atoms with van der Waals surface area (Å²) in [4.78, 5) is 8.36. The molecule has 1 aromatic heterocycles. The number of aromatic nitrogens is 2. The van der Waals surface area contributed by atoms with Gasteiger partial charge in [0.05, 0.1) is 11.4 Å². The number of hydrogen-bond donors (Lipinski definition) is 0. The van der Waals surface area contributed by atoms with Crippen molar-refractivity contribution >= 4 is 5.57 Å². The molecule has 0 aromatic carbocycles. The molecule has 0 atom stereocenters. The molecule has 50 valence electrons. The van der Waals surface area contributed by atoms with Crippen molar-refractivity contribution in [2.75, 3.05) is 0 Å². The van der Waals surface area contributed by atoms with Crippen molar-refractivity contribution in [3.05, 3.63) is 30.4 Å². The van der Waals surface area contributed by atoms with Crippen molar-refractivity contribution in [2.24, 2.45) is 0 Å². The monoisotopic (exact) mass is 132 g/mol. The fourth-order valence-corrected chi connectivity index (χ4v) is 1.23. The van der Waals surface area contributed by atoms with Crippen LogP contribution in [0.4, 0.5) is 0 Å². The Morgan fingerprint density at radius 3 is 2.80 bits per heavy atom. The molecule has 0 saturated carbocycles. The highest BCUT2D eigenvalue weighted by Crippen LogP contribution is 2.25. The maximum absolute atomic E-state index is 4.19. The molecule has 2 nitrogen and oxygen atoms in total. The van der Waals surface area contributed by atoms with Crippen LogP contribution in [0, 0.1) is 0 Å². The Bertz CT molecular complexity index is 278. The van der Waals surface area contributed by atoms with Gasteiger partial charge < -0.3 is 0 Å². The number of nitrogens with zero attached hydrogens (tertiary/aromatic N) is 2. The predicted octanol–water partition coefficient (Wildman–Crippen LogP) is 1.44. The lowest BCUT2D eigenvalue weighted by molar-refractivity contribution is 0.998. The van der Waals surface area contributed by atoms with Gasteiger partial charge in [0, 0.05) is 12.4 Å². The zero-order valence-corrected chi connectivity index (χ0v) is 5.67. The smallest absolute Gasteiger partial charge is 0.0871 e. The minimum atomic E-state index is 1.02. The van der Waals surface area contributed by atoms with Crippen molar-refractivity contribution in [3.63, 3.8) is 0 Å². The summed E-state index contributed by atoms with van der Waals surface area (Å²) in [6.07, 6.45) is 5.49. The van der Waals surface area contributed by atoms with E-state index in [1.807, 2.05) is 0 Å². The molecule has 0 bridgehead atoms. The molecule has 0 radical (unpaired) electrons. The van der Waals surface area contributed by atoms with Gasteiger partial charge in [0.25, 0.3) is 0 Å². The molecular formula is C8H8N2. The maximum Gasteiger partial charge on any atom is 0.0871 e. The van der Waals surface area contributed by atoms with Gasteiger partial charge in [-0.25, -0.2) is 0 Å². The van der Waals surface area contributed by atoms with E-state index in [1.165, 1.54) is 0 Å². The number of fused-ring (bicyclic) bond motifs is 1. The molecule has 0 amide bonds. The molecule has 0 saturated heterocycles. The lowest BCUT2D eigenvalue weighted by Crippen LogP contribution is -1.88. The summed E-state index contributed by atoms with van der Waals surface area (Å²) >= 11 is 0. The van der Waals surface area contributed by atoms with Crippen LogP contribution in [0.5, 0.6) is 0 Å². The van der Waals surface area contributed by atoms with Crippen LogP contribution in [0.3, 0.4) is 0 Å². The molecule has 1 aliphatic carbocycles. The van der Waals surface area contributed by atoms with Crippen LogP contribution in [0.25, 0.3) is 5.57 Å². The third-order valence-corrected chi connectivity index (χ3v) is 1.77. The minimum Gasteiger partial charge on any atom is -0.257 e. The van der Waals surface area contributed by atoms with Gasteiger partial charge in [-0.05, 0) is 18.4 Å². The predicted molar refractivity (Wildman–Crippen MR) is 39.4 cm³/mol. The van der Waals surface area contributed by atoms with Gasteiger partial charge >= 0.3 is 0 Å². The number of aryl methyl sites for hydroxylation is 1. The van der Waals surface area contributed by atoms with Gasteiger partial charge in [-0.2, -0.15) is 0 Å². The van der Waals surface area contributed by atoms with Crippen molar-refractivity contribution in [3.8, 4) is 0 Å². The van der Waals surface area contributed by atoms with Crippen LogP contribution < -0.4 is 0 Å². The molecule has 0 spiro atoms. The number of hydrogen-bond acceptors (Lipinski definition) is 2. The SMILES string of the molecule is C=C1CCc2nccnc21. The average Bonchev–Trinajstić information content (AvgIpc) is 2.34. The van der Waals surface area contributed by atoms with Crippen molar-refractivity contribution in [1.29, 1.82) is 0 Å². The maximum atomic E-state index is 4.19. The van der Waals surface area contributed by atoms with E-state index in [-0.39, 0.29) is 0 Å². The molecule has 0 fully saturated rings. The van der Waals surface area contributed by atoms with Crippen LogP contribution in [0.15, 0.2) is 19.0 Å². The van der Waals surface area contributed by atoms with E-state index in [2.05, 4.69) is 16.5 Å². The normalized spacial score (nSPS) is 15.4. The van der Waals surface area contributed by atoms with Gasteiger partial charge in [0.2, 0.25) is 0 Å². The molecular weight excluding hydrogens is 124 g/mol. The molecule has 1 aliphatic rings. The lowest BCUT2D eigenvalue weighted by atomic mass is 10.2. The molecule has 0 aliphatic heterocycles. The van der Waals surface area contributed by atoms with Crippen LogP contribution in [-0.4, -0.2) is 9.97 Å². The highest BCUT2D eigenvalue weighted by molar-refractivity contribution is 5.65. The Morgan fingerprint density at radius 2 is 2.00 bits per heavy atom. The van der Waals surface area contributed by atoms with Crippen LogP contribution in [-0.2, 0) is 6.42 Å². The quantitative estimate of drug-likeness (QED) is 0.533. The van der Waals surface area contributed by atoms with Gasteiger partial charge in [-0.15, -0.1) is 0 Å². The Hall–Kier alpha value is -1.18. The first-order chi connectivity index (χ1) is 4.88. The standard InChI is InChI=1S/C8H8N2/c1-6-2-3-7-8(6)10-5-4-9-7/h4-5H,1-3H2. The first-order valence-corrected chi connectivity index (χ1v) is 3.36. The zero-order chi connectivity index (χ0) is 6.97.